The first kappa shape index (κ1) is 13.9. The van der Waals surface area contributed by atoms with Gasteiger partial charge in [0.25, 0.3) is 0 Å². The maximum atomic E-state index is 11.4. The Labute approximate surface area is 113 Å². The van der Waals surface area contributed by atoms with E-state index in [1.807, 2.05) is 24.3 Å². The monoisotopic (exact) mass is 264 g/mol. The molecule has 4 heteroatoms. The van der Waals surface area contributed by atoms with Gasteiger partial charge < -0.3 is 14.6 Å². The molecule has 0 spiro atoms. The molecule has 104 valence electrons. The summed E-state index contributed by atoms with van der Waals surface area (Å²) in [5, 5.41) is 10.9. The van der Waals surface area contributed by atoms with Crippen molar-refractivity contribution in [2.45, 2.75) is 31.3 Å². The molecule has 0 radical (unpaired) electrons. The van der Waals surface area contributed by atoms with E-state index < -0.39 is 5.60 Å². The first-order chi connectivity index (χ1) is 9.10. The molecule has 2 atom stereocenters. The Morgan fingerprint density at radius 2 is 2.05 bits per heavy atom. The van der Waals surface area contributed by atoms with E-state index in [0.29, 0.717) is 6.42 Å². The summed E-state index contributed by atoms with van der Waals surface area (Å²) in [5.41, 5.74) is -0.0832. The summed E-state index contributed by atoms with van der Waals surface area (Å²) in [5.74, 6) is 0.419. The number of carbonyl (C=O) groups excluding carboxylic acids is 1. The third-order valence-electron chi connectivity index (χ3n) is 4.02. The molecule has 1 fully saturated rings. The smallest absolute Gasteiger partial charge is 0.305 e. The summed E-state index contributed by atoms with van der Waals surface area (Å²) in [6, 6.07) is 7.41. The van der Waals surface area contributed by atoms with Crippen LogP contribution in [0.15, 0.2) is 24.3 Å². The molecule has 0 aliphatic heterocycles. The number of hydrogen-bond donors (Lipinski definition) is 1. The van der Waals surface area contributed by atoms with Gasteiger partial charge in [0.05, 0.1) is 26.2 Å². The van der Waals surface area contributed by atoms with E-state index in [9.17, 15) is 9.90 Å². The predicted octanol–water partition coefficient (Wildman–Crippen LogP) is 2.25. The predicted molar refractivity (Wildman–Crippen MR) is 70.9 cm³/mol. The Morgan fingerprint density at radius 3 is 2.63 bits per heavy atom. The van der Waals surface area contributed by atoms with Gasteiger partial charge in [-0.1, -0.05) is 12.1 Å². The van der Waals surface area contributed by atoms with E-state index in [2.05, 4.69) is 0 Å². The molecule has 1 aliphatic rings. The first-order valence-electron chi connectivity index (χ1n) is 6.54. The van der Waals surface area contributed by atoms with E-state index >= 15 is 0 Å². The van der Waals surface area contributed by atoms with Crippen LogP contribution in [0.2, 0.25) is 0 Å². The lowest BCUT2D eigenvalue weighted by atomic mass is 9.82. The number of hydrogen-bond acceptors (Lipinski definition) is 4. The van der Waals surface area contributed by atoms with Crippen LogP contribution in [-0.2, 0) is 15.1 Å². The maximum absolute atomic E-state index is 11.4. The highest BCUT2D eigenvalue weighted by atomic mass is 16.5. The molecule has 1 aromatic carbocycles. The minimum atomic E-state index is -0.930. The van der Waals surface area contributed by atoms with Gasteiger partial charge in [0.2, 0.25) is 0 Å². The normalized spacial score (nSPS) is 26.2. The van der Waals surface area contributed by atoms with Gasteiger partial charge >= 0.3 is 5.97 Å². The van der Waals surface area contributed by atoms with Crippen LogP contribution in [0.3, 0.4) is 0 Å². The van der Waals surface area contributed by atoms with Crippen molar-refractivity contribution in [1.82, 2.24) is 0 Å². The Kier molecular flexibility index (Phi) is 4.10. The number of aliphatic hydroxyl groups is 1. The molecule has 19 heavy (non-hydrogen) atoms. The van der Waals surface area contributed by atoms with Crippen LogP contribution in [0.1, 0.15) is 31.2 Å². The first-order valence-corrected chi connectivity index (χ1v) is 6.54. The SMILES string of the molecule is COC(=O)C[C@H]1CCC[C@@]1(O)c1ccc(OC)cc1. The molecule has 1 aromatic rings. The topological polar surface area (TPSA) is 55.8 Å². The quantitative estimate of drug-likeness (QED) is 0.847. The third-order valence-corrected chi connectivity index (χ3v) is 4.02. The number of ether oxygens (including phenoxy) is 2. The summed E-state index contributed by atoms with van der Waals surface area (Å²) in [7, 11) is 2.99. The highest BCUT2D eigenvalue weighted by molar-refractivity contribution is 5.69. The minimum Gasteiger partial charge on any atom is -0.497 e. The summed E-state index contributed by atoms with van der Waals surface area (Å²) in [4.78, 5) is 11.4. The molecule has 0 bridgehead atoms. The third kappa shape index (κ3) is 2.73. The Bertz CT molecular complexity index is 440. The number of carbonyl (C=O) groups is 1. The molecule has 0 heterocycles. The molecular formula is C15H20O4. The van der Waals surface area contributed by atoms with Crippen molar-refractivity contribution in [3.05, 3.63) is 29.8 Å². The molecule has 1 aliphatic carbocycles. The second kappa shape index (κ2) is 5.61. The van der Waals surface area contributed by atoms with Gasteiger partial charge in [-0.05, 0) is 37.0 Å². The van der Waals surface area contributed by atoms with Gasteiger partial charge in [0.15, 0.2) is 0 Å². The summed E-state index contributed by atoms with van der Waals surface area (Å²) in [6.45, 7) is 0. The Morgan fingerprint density at radius 1 is 1.37 bits per heavy atom. The standard InChI is InChI=1S/C15H20O4/c1-18-13-7-5-11(6-8-13)15(17)9-3-4-12(15)10-14(16)19-2/h5-8,12,17H,3-4,9-10H2,1-2H3/t12-,15-/m1/s1. The van der Waals surface area contributed by atoms with Gasteiger partial charge in [-0.25, -0.2) is 0 Å². The Hall–Kier alpha value is -1.55. The molecule has 0 aromatic heterocycles. The van der Waals surface area contributed by atoms with E-state index in [-0.39, 0.29) is 18.3 Å². The fourth-order valence-electron chi connectivity index (χ4n) is 2.88. The van der Waals surface area contributed by atoms with Crippen molar-refractivity contribution in [3.8, 4) is 5.75 Å². The Balaban J connectivity index is 2.20. The van der Waals surface area contributed by atoms with Crippen LogP contribution in [0.4, 0.5) is 0 Å². The van der Waals surface area contributed by atoms with Gasteiger partial charge in [0.1, 0.15) is 5.75 Å². The van der Waals surface area contributed by atoms with E-state index in [4.69, 9.17) is 9.47 Å². The molecule has 1 N–H and O–H groups in total. The fraction of sp³-hybridized carbons (Fsp3) is 0.533. The van der Waals surface area contributed by atoms with Crippen LogP contribution in [0.5, 0.6) is 5.75 Å². The summed E-state index contributed by atoms with van der Waals surface area (Å²) >= 11 is 0. The molecule has 1 saturated carbocycles. The maximum Gasteiger partial charge on any atom is 0.305 e. The summed E-state index contributed by atoms with van der Waals surface area (Å²) in [6.07, 6.45) is 2.71. The molecule has 2 rings (SSSR count). The van der Waals surface area contributed by atoms with Crippen molar-refractivity contribution in [2.24, 2.45) is 5.92 Å². The molecule has 4 nitrogen and oxygen atoms in total. The molecule has 0 unspecified atom stereocenters. The van der Waals surface area contributed by atoms with Crippen molar-refractivity contribution < 1.29 is 19.4 Å². The lowest BCUT2D eigenvalue weighted by Gasteiger charge is -2.30. The number of benzene rings is 1. The average molecular weight is 264 g/mol. The number of esters is 1. The van der Waals surface area contributed by atoms with Gasteiger partial charge in [-0.2, -0.15) is 0 Å². The van der Waals surface area contributed by atoms with Gasteiger partial charge in [-0.3, -0.25) is 4.79 Å². The fourth-order valence-corrected chi connectivity index (χ4v) is 2.88. The van der Waals surface area contributed by atoms with Crippen LogP contribution in [0.25, 0.3) is 0 Å². The zero-order valence-corrected chi connectivity index (χ0v) is 11.4. The van der Waals surface area contributed by atoms with Crippen molar-refractivity contribution in [1.29, 1.82) is 0 Å². The van der Waals surface area contributed by atoms with E-state index in [1.54, 1.807) is 7.11 Å². The second-order valence-electron chi connectivity index (χ2n) is 5.02. The average Bonchev–Trinajstić information content (AvgIpc) is 2.81. The highest BCUT2D eigenvalue weighted by Gasteiger charge is 2.43. The molecule has 0 saturated heterocycles. The van der Waals surface area contributed by atoms with Gasteiger partial charge in [0, 0.05) is 5.92 Å². The van der Waals surface area contributed by atoms with E-state index in [1.165, 1.54) is 7.11 Å². The number of methoxy groups -OCH3 is 2. The van der Waals surface area contributed by atoms with Crippen LogP contribution >= 0.6 is 0 Å². The van der Waals surface area contributed by atoms with Crippen LogP contribution in [0, 0.1) is 5.92 Å². The van der Waals surface area contributed by atoms with Crippen LogP contribution in [-0.4, -0.2) is 25.3 Å². The zero-order chi connectivity index (χ0) is 13.9. The largest absolute Gasteiger partial charge is 0.497 e. The highest BCUT2D eigenvalue weighted by Crippen LogP contribution is 2.45. The molecule has 0 amide bonds. The van der Waals surface area contributed by atoms with E-state index in [0.717, 1.165) is 24.2 Å². The van der Waals surface area contributed by atoms with Crippen molar-refractivity contribution >= 4 is 5.97 Å². The van der Waals surface area contributed by atoms with Crippen molar-refractivity contribution in [2.75, 3.05) is 14.2 Å². The minimum absolute atomic E-state index is 0.0756. The lowest BCUT2D eigenvalue weighted by Crippen LogP contribution is -2.32. The lowest BCUT2D eigenvalue weighted by molar-refractivity contribution is -0.144. The van der Waals surface area contributed by atoms with Crippen LogP contribution < -0.4 is 4.74 Å². The van der Waals surface area contributed by atoms with Crippen molar-refractivity contribution in [3.63, 3.8) is 0 Å². The zero-order valence-electron chi connectivity index (χ0n) is 11.4. The number of rotatable bonds is 4. The molecular weight excluding hydrogens is 244 g/mol. The second-order valence-corrected chi connectivity index (χ2v) is 5.02. The van der Waals surface area contributed by atoms with Gasteiger partial charge in [-0.15, -0.1) is 0 Å². The summed E-state index contributed by atoms with van der Waals surface area (Å²) < 4.78 is 9.83.